The van der Waals surface area contributed by atoms with Gasteiger partial charge in [0.05, 0.1) is 0 Å². The van der Waals surface area contributed by atoms with Crippen LogP contribution in [0.1, 0.15) is 0 Å². The van der Waals surface area contributed by atoms with Crippen LogP contribution in [0, 0.1) is 0 Å². The minimum Gasteiger partial charge on any atom is -0.376 e. The highest BCUT2D eigenvalue weighted by atomic mass is 35.5. The average molecular weight is 280 g/mol. The first-order valence-electron chi connectivity index (χ1n) is 5.06. The molecule has 92 valence electrons. The van der Waals surface area contributed by atoms with E-state index in [9.17, 15) is 0 Å². The van der Waals surface area contributed by atoms with Gasteiger partial charge in [-0.3, -0.25) is 0 Å². The van der Waals surface area contributed by atoms with E-state index in [0.29, 0.717) is 11.0 Å². The lowest BCUT2D eigenvalue weighted by atomic mass is 10.3. The number of halogens is 1. The lowest BCUT2D eigenvalue weighted by molar-refractivity contribution is 1.04. The van der Waals surface area contributed by atoms with Crippen molar-refractivity contribution in [3.63, 3.8) is 0 Å². The molecular weight excluding hydrogens is 270 g/mol. The Labute approximate surface area is 114 Å². The van der Waals surface area contributed by atoms with Crippen molar-refractivity contribution < 1.29 is 0 Å². The quantitative estimate of drug-likeness (QED) is 0.750. The number of thiocarbonyl (C=S) groups is 1. The summed E-state index contributed by atoms with van der Waals surface area (Å²) in [6.07, 6.45) is 0. The molecule has 0 spiro atoms. The van der Waals surface area contributed by atoms with Crippen LogP contribution in [0.4, 0.5) is 17.2 Å². The fourth-order valence-electron chi connectivity index (χ4n) is 1.31. The molecule has 2 aromatic rings. The molecule has 1 aromatic carbocycles. The molecule has 7 heteroatoms. The Bertz CT molecular complexity index is 540. The summed E-state index contributed by atoms with van der Waals surface area (Å²) in [5.74, 6) is 0.620. The van der Waals surface area contributed by atoms with Crippen LogP contribution < -0.4 is 16.4 Å². The molecule has 0 atom stereocenters. The second-order valence-corrected chi connectivity index (χ2v) is 4.26. The largest absolute Gasteiger partial charge is 0.376 e. The number of nitrogens with two attached hydrogens (primary N) is 1. The summed E-state index contributed by atoms with van der Waals surface area (Å²) < 4.78 is 0. The zero-order valence-electron chi connectivity index (χ0n) is 9.22. The van der Waals surface area contributed by atoms with Gasteiger partial charge in [-0.15, -0.1) is 10.2 Å². The van der Waals surface area contributed by atoms with Crippen molar-refractivity contribution in [3.05, 3.63) is 41.6 Å². The van der Waals surface area contributed by atoms with Crippen LogP contribution in [0.25, 0.3) is 0 Å². The molecule has 0 bridgehead atoms. The molecule has 1 heterocycles. The first-order valence-corrected chi connectivity index (χ1v) is 5.85. The zero-order chi connectivity index (χ0) is 13.0. The molecular formula is C11H10ClN5S. The average Bonchev–Trinajstić information content (AvgIpc) is 2.34. The lowest BCUT2D eigenvalue weighted by Gasteiger charge is -2.07. The maximum Gasteiger partial charge on any atom is 0.168 e. The predicted molar refractivity (Wildman–Crippen MR) is 77.2 cm³/mol. The Morgan fingerprint density at radius 3 is 2.28 bits per heavy atom. The van der Waals surface area contributed by atoms with Gasteiger partial charge in [0.25, 0.3) is 0 Å². The number of nitrogens with one attached hydrogen (secondary N) is 2. The van der Waals surface area contributed by atoms with E-state index in [1.807, 2.05) is 24.3 Å². The molecule has 0 unspecified atom stereocenters. The zero-order valence-corrected chi connectivity index (χ0v) is 10.8. The van der Waals surface area contributed by atoms with Gasteiger partial charge in [0.1, 0.15) is 0 Å². The SMILES string of the molecule is NC(=S)Nc1ccc(Nc2ccc(Cl)nn2)cc1. The van der Waals surface area contributed by atoms with E-state index in [4.69, 9.17) is 29.6 Å². The summed E-state index contributed by atoms with van der Waals surface area (Å²) in [6, 6.07) is 10.9. The van der Waals surface area contributed by atoms with Crippen molar-refractivity contribution in [3.8, 4) is 0 Å². The number of anilines is 3. The van der Waals surface area contributed by atoms with Crippen LogP contribution in [0.2, 0.25) is 5.15 Å². The molecule has 0 aliphatic carbocycles. The van der Waals surface area contributed by atoms with E-state index in [0.717, 1.165) is 11.4 Å². The van der Waals surface area contributed by atoms with Gasteiger partial charge < -0.3 is 16.4 Å². The van der Waals surface area contributed by atoms with Gasteiger partial charge >= 0.3 is 0 Å². The molecule has 0 aliphatic rings. The molecule has 0 saturated heterocycles. The summed E-state index contributed by atoms with van der Waals surface area (Å²) in [7, 11) is 0. The molecule has 0 aliphatic heterocycles. The third kappa shape index (κ3) is 3.54. The maximum atomic E-state index is 5.65. The smallest absolute Gasteiger partial charge is 0.168 e. The normalized spacial score (nSPS) is 9.83. The molecule has 0 saturated carbocycles. The molecule has 1 aromatic heterocycles. The van der Waals surface area contributed by atoms with E-state index in [1.165, 1.54) is 0 Å². The summed E-state index contributed by atoms with van der Waals surface area (Å²) >= 11 is 10.4. The number of aromatic nitrogens is 2. The van der Waals surface area contributed by atoms with Gasteiger partial charge in [-0.2, -0.15) is 0 Å². The fourth-order valence-corrected chi connectivity index (χ4v) is 1.53. The standard InChI is InChI=1S/C11H10ClN5S/c12-9-5-6-10(17-16-9)14-7-1-3-8(4-2-7)15-11(13)18/h1-6H,(H,14,17)(H3,13,15,18). The minimum atomic E-state index is 0.235. The number of hydrogen-bond donors (Lipinski definition) is 3. The Balaban J connectivity index is 2.06. The second-order valence-electron chi connectivity index (χ2n) is 3.43. The fraction of sp³-hybridized carbons (Fsp3) is 0. The molecule has 0 amide bonds. The first kappa shape index (κ1) is 12.5. The monoisotopic (exact) mass is 279 g/mol. The lowest BCUT2D eigenvalue weighted by Crippen LogP contribution is -2.18. The van der Waals surface area contributed by atoms with Crippen molar-refractivity contribution in [2.75, 3.05) is 10.6 Å². The minimum absolute atomic E-state index is 0.235. The van der Waals surface area contributed by atoms with E-state index in [-0.39, 0.29) is 5.11 Å². The van der Waals surface area contributed by atoms with Crippen molar-refractivity contribution in [1.29, 1.82) is 0 Å². The molecule has 2 rings (SSSR count). The third-order valence-corrected chi connectivity index (χ3v) is 2.36. The molecule has 4 N–H and O–H groups in total. The van der Waals surface area contributed by atoms with E-state index >= 15 is 0 Å². The molecule has 0 radical (unpaired) electrons. The van der Waals surface area contributed by atoms with E-state index in [2.05, 4.69) is 20.8 Å². The highest BCUT2D eigenvalue weighted by Gasteiger charge is 1.98. The van der Waals surface area contributed by atoms with Crippen molar-refractivity contribution in [1.82, 2.24) is 10.2 Å². The summed E-state index contributed by atoms with van der Waals surface area (Å²) in [5, 5.41) is 14.2. The predicted octanol–water partition coefficient (Wildman–Crippen LogP) is 2.53. The highest BCUT2D eigenvalue weighted by Crippen LogP contribution is 2.17. The Kier molecular flexibility index (Phi) is 3.91. The molecule has 5 nitrogen and oxygen atoms in total. The van der Waals surface area contributed by atoms with Gasteiger partial charge in [-0.05, 0) is 48.6 Å². The van der Waals surface area contributed by atoms with Gasteiger partial charge in [0.15, 0.2) is 16.1 Å². The van der Waals surface area contributed by atoms with E-state index < -0.39 is 0 Å². The first-order chi connectivity index (χ1) is 8.63. The van der Waals surface area contributed by atoms with Crippen LogP contribution in [0.3, 0.4) is 0 Å². The van der Waals surface area contributed by atoms with Crippen molar-refractivity contribution >= 4 is 46.1 Å². The highest BCUT2D eigenvalue weighted by molar-refractivity contribution is 7.80. The van der Waals surface area contributed by atoms with Crippen LogP contribution in [0.15, 0.2) is 36.4 Å². The van der Waals surface area contributed by atoms with Gasteiger partial charge in [0, 0.05) is 11.4 Å². The third-order valence-electron chi connectivity index (χ3n) is 2.06. The van der Waals surface area contributed by atoms with E-state index in [1.54, 1.807) is 12.1 Å². The summed E-state index contributed by atoms with van der Waals surface area (Å²) in [6.45, 7) is 0. The molecule has 0 fully saturated rings. The number of benzene rings is 1. The maximum absolute atomic E-state index is 5.65. The van der Waals surface area contributed by atoms with Crippen LogP contribution in [-0.2, 0) is 0 Å². The number of nitrogens with zero attached hydrogens (tertiary/aromatic N) is 2. The second kappa shape index (κ2) is 5.61. The van der Waals surface area contributed by atoms with Gasteiger partial charge in [-0.25, -0.2) is 0 Å². The van der Waals surface area contributed by atoms with Gasteiger partial charge in [0.2, 0.25) is 0 Å². The Hall–Kier alpha value is -1.92. The molecule has 18 heavy (non-hydrogen) atoms. The Morgan fingerprint density at radius 2 is 1.72 bits per heavy atom. The number of hydrogen-bond acceptors (Lipinski definition) is 4. The van der Waals surface area contributed by atoms with Crippen molar-refractivity contribution in [2.45, 2.75) is 0 Å². The number of rotatable bonds is 3. The van der Waals surface area contributed by atoms with Crippen molar-refractivity contribution in [2.24, 2.45) is 5.73 Å². The topological polar surface area (TPSA) is 75.9 Å². The summed E-state index contributed by atoms with van der Waals surface area (Å²) in [4.78, 5) is 0. The van der Waals surface area contributed by atoms with Crippen LogP contribution in [-0.4, -0.2) is 15.3 Å². The summed E-state index contributed by atoms with van der Waals surface area (Å²) in [5.41, 5.74) is 7.08. The Morgan fingerprint density at radius 1 is 1.06 bits per heavy atom. The van der Waals surface area contributed by atoms with Gasteiger partial charge in [-0.1, -0.05) is 11.6 Å². The van der Waals surface area contributed by atoms with Crippen LogP contribution >= 0.6 is 23.8 Å². The van der Waals surface area contributed by atoms with Crippen LogP contribution in [0.5, 0.6) is 0 Å².